The highest BCUT2D eigenvalue weighted by atomic mass is 32.2. The highest BCUT2D eigenvalue weighted by Gasteiger charge is 2.22. The summed E-state index contributed by atoms with van der Waals surface area (Å²) in [5.41, 5.74) is 11.1. The van der Waals surface area contributed by atoms with Crippen LogP contribution in [-0.4, -0.2) is 13.8 Å². The minimum absolute atomic E-state index is 0.0485. The summed E-state index contributed by atoms with van der Waals surface area (Å²) in [6.45, 7) is 3.34. The van der Waals surface area contributed by atoms with Crippen LogP contribution in [0.4, 0.5) is 5.69 Å². The van der Waals surface area contributed by atoms with Crippen molar-refractivity contribution >= 4 is 15.5 Å². The van der Waals surface area contributed by atoms with E-state index in [1.807, 2.05) is 0 Å². The van der Waals surface area contributed by atoms with E-state index in [-0.39, 0.29) is 10.6 Å². The van der Waals surface area contributed by atoms with Crippen LogP contribution in [0.25, 0.3) is 0 Å². The normalized spacial score (nSPS) is 13.5. The number of anilines is 1. The molecule has 1 atom stereocenters. The quantitative estimate of drug-likeness (QED) is 0.564. The Bertz CT molecular complexity index is 440. The molecule has 0 aromatic heterocycles. The van der Waals surface area contributed by atoms with Crippen molar-refractivity contribution in [3.63, 3.8) is 0 Å². The molecule has 0 aliphatic carbocycles. The molecule has 1 aromatic carbocycles. The van der Waals surface area contributed by atoms with Crippen molar-refractivity contribution in [3.8, 4) is 0 Å². The summed E-state index contributed by atoms with van der Waals surface area (Å²) in [4.78, 5) is 0.0485. The van der Waals surface area contributed by atoms with Gasteiger partial charge in [-0.2, -0.15) is 0 Å². The van der Waals surface area contributed by atoms with Crippen LogP contribution in [0.2, 0.25) is 0 Å². The maximum atomic E-state index is 11.7. The van der Waals surface area contributed by atoms with E-state index in [0.717, 1.165) is 0 Å². The molecular weight excluding hydrogens is 200 g/mol. The van der Waals surface area contributed by atoms with Crippen LogP contribution in [0.5, 0.6) is 0 Å². The SMILES string of the molecule is C=CC(N)S(=O)(=O)c1ccccc1N. The van der Waals surface area contributed by atoms with Crippen molar-refractivity contribution in [2.45, 2.75) is 10.3 Å². The molecule has 76 valence electrons. The molecule has 0 saturated heterocycles. The van der Waals surface area contributed by atoms with Gasteiger partial charge in [0, 0.05) is 0 Å². The fourth-order valence-electron chi connectivity index (χ4n) is 1.01. The zero-order chi connectivity index (χ0) is 10.8. The van der Waals surface area contributed by atoms with Gasteiger partial charge in [0.15, 0.2) is 9.84 Å². The molecule has 0 amide bonds. The lowest BCUT2D eigenvalue weighted by atomic mass is 10.3. The van der Waals surface area contributed by atoms with Gasteiger partial charge in [-0.3, -0.25) is 0 Å². The average molecular weight is 212 g/mol. The third kappa shape index (κ3) is 1.78. The molecule has 5 heteroatoms. The van der Waals surface area contributed by atoms with Crippen LogP contribution in [-0.2, 0) is 9.84 Å². The van der Waals surface area contributed by atoms with Crippen LogP contribution >= 0.6 is 0 Å². The van der Waals surface area contributed by atoms with Crippen molar-refractivity contribution in [2.24, 2.45) is 5.73 Å². The van der Waals surface area contributed by atoms with Crippen LogP contribution in [0.3, 0.4) is 0 Å². The Kier molecular flexibility index (Phi) is 2.93. The number of benzene rings is 1. The molecule has 4 nitrogen and oxygen atoms in total. The number of nitrogen functional groups attached to an aromatic ring is 1. The van der Waals surface area contributed by atoms with E-state index in [1.54, 1.807) is 12.1 Å². The molecule has 0 aliphatic heterocycles. The van der Waals surface area contributed by atoms with E-state index in [0.29, 0.717) is 0 Å². The van der Waals surface area contributed by atoms with Gasteiger partial charge in [0.25, 0.3) is 0 Å². The highest BCUT2D eigenvalue weighted by molar-refractivity contribution is 7.92. The standard InChI is InChI=1S/C9H12N2O2S/c1-2-9(11)14(12,13)8-6-4-3-5-7(8)10/h2-6,9H,1,10-11H2. The van der Waals surface area contributed by atoms with Gasteiger partial charge in [0.1, 0.15) is 5.37 Å². The van der Waals surface area contributed by atoms with Crippen molar-refractivity contribution < 1.29 is 8.42 Å². The molecule has 0 radical (unpaired) electrons. The van der Waals surface area contributed by atoms with Gasteiger partial charge in [-0.1, -0.05) is 18.2 Å². The molecule has 4 N–H and O–H groups in total. The van der Waals surface area contributed by atoms with E-state index >= 15 is 0 Å². The van der Waals surface area contributed by atoms with Gasteiger partial charge < -0.3 is 11.5 Å². The summed E-state index contributed by atoms with van der Waals surface area (Å²) in [6, 6.07) is 6.20. The third-order valence-electron chi connectivity index (χ3n) is 1.82. The second-order valence-corrected chi connectivity index (χ2v) is 4.86. The van der Waals surface area contributed by atoms with Crippen LogP contribution < -0.4 is 11.5 Å². The second kappa shape index (κ2) is 3.81. The first-order valence-electron chi connectivity index (χ1n) is 3.96. The lowest BCUT2D eigenvalue weighted by molar-refractivity contribution is 0.590. The minimum Gasteiger partial charge on any atom is -0.398 e. The van der Waals surface area contributed by atoms with E-state index in [2.05, 4.69) is 6.58 Å². The lowest BCUT2D eigenvalue weighted by Crippen LogP contribution is -2.28. The number of para-hydroxylation sites is 1. The largest absolute Gasteiger partial charge is 0.398 e. The van der Waals surface area contributed by atoms with Crippen LogP contribution in [0.1, 0.15) is 0 Å². The van der Waals surface area contributed by atoms with Gasteiger partial charge >= 0.3 is 0 Å². The Labute approximate surface area is 83.1 Å². The number of sulfone groups is 1. The van der Waals surface area contributed by atoms with Crippen molar-refractivity contribution in [2.75, 3.05) is 5.73 Å². The average Bonchev–Trinajstić information content (AvgIpc) is 2.17. The molecule has 0 saturated carbocycles. The molecule has 1 aromatic rings. The van der Waals surface area contributed by atoms with Crippen molar-refractivity contribution in [1.82, 2.24) is 0 Å². The summed E-state index contributed by atoms with van der Waals surface area (Å²) < 4.78 is 23.4. The molecule has 0 bridgehead atoms. The Morgan fingerprint density at radius 3 is 2.43 bits per heavy atom. The monoisotopic (exact) mass is 212 g/mol. The van der Waals surface area contributed by atoms with Crippen molar-refractivity contribution in [1.29, 1.82) is 0 Å². The van der Waals surface area contributed by atoms with Gasteiger partial charge in [-0.25, -0.2) is 8.42 Å². The number of rotatable bonds is 3. The summed E-state index contributed by atoms with van der Waals surface area (Å²) in [5.74, 6) is 0. The molecule has 14 heavy (non-hydrogen) atoms. The minimum atomic E-state index is -3.58. The van der Waals surface area contributed by atoms with Gasteiger partial charge in [0.2, 0.25) is 0 Å². The molecule has 0 spiro atoms. The van der Waals surface area contributed by atoms with Crippen LogP contribution in [0.15, 0.2) is 41.8 Å². The Balaban J connectivity index is 3.31. The smallest absolute Gasteiger partial charge is 0.199 e. The van der Waals surface area contributed by atoms with E-state index in [9.17, 15) is 8.42 Å². The Morgan fingerprint density at radius 2 is 1.93 bits per heavy atom. The van der Waals surface area contributed by atoms with Gasteiger partial charge in [-0.05, 0) is 12.1 Å². The summed E-state index contributed by atoms with van der Waals surface area (Å²) in [6.07, 6.45) is 1.17. The van der Waals surface area contributed by atoms with Gasteiger partial charge in [-0.15, -0.1) is 6.58 Å². The Morgan fingerprint density at radius 1 is 1.36 bits per heavy atom. The fraction of sp³-hybridized carbons (Fsp3) is 0.111. The van der Waals surface area contributed by atoms with Crippen molar-refractivity contribution in [3.05, 3.63) is 36.9 Å². The third-order valence-corrected chi connectivity index (χ3v) is 3.71. The molecular formula is C9H12N2O2S. The Hall–Kier alpha value is -1.33. The molecule has 0 heterocycles. The summed E-state index contributed by atoms with van der Waals surface area (Å²) in [7, 11) is -3.58. The summed E-state index contributed by atoms with van der Waals surface area (Å²) in [5, 5.41) is -1.12. The molecule has 1 rings (SSSR count). The lowest BCUT2D eigenvalue weighted by Gasteiger charge is -2.10. The first kappa shape index (κ1) is 10.7. The predicted octanol–water partition coefficient (Wildman–Crippen LogP) is 0.513. The zero-order valence-electron chi connectivity index (χ0n) is 7.55. The number of nitrogens with two attached hydrogens (primary N) is 2. The molecule has 1 unspecified atom stereocenters. The highest BCUT2D eigenvalue weighted by Crippen LogP contribution is 2.20. The first-order valence-corrected chi connectivity index (χ1v) is 5.51. The van der Waals surface area contributed by atoms with Gasteiger partial charge in [0.05, 0.1) is 10.6 Å². The predicted molar refractivity (Wildman–Crippen MR) is 56.2 cm³/mol. The maximum Gasteiger partial charge on any atom is 0.199 e. The van der Waals surface area contributed by atoms with E-state index in [1.165, 1.54) is 18.2 Å². The first-order chi connectivity index (χ1) is 6.50. The molecule has 0 fully saturated rings. The number of hydrogen-bond donors (Lipinski definition) is 2. The maximum absolute atomic E-state index is 11.7. The van der Waals surface area contributed by atoms with E-state index in [4.69, 9.17) is 11.5 Å². The fourth-order valence-corrected chi connectivity index (χ4v) is 2.22. The van der Waals surface area contributed by atoms with Crippen LogP contribution in [0, 0.1) is 0 Å². The van der Waals surface area contributed by atoms with E-state index < -0.39 is 15.2 Å². The summed E-state index contributed by atoms with van der Waals surface area (Å²) >= 11 is 0. The topological polar surface area (TPSA) is 86.2 Å². The molecule has 0 aliphatic rings. The number of hydrogen-bond acceptors (Lipinski definition) is 4. The zero-order valence-corrected chi connectivity index (χ0v) is 8.37. The second-order valence-electron chi connectivity index (χ2n) is 2.78.